The molecule has 7 heteroatoms. The van der Waals surface area contributed by atoms with Gasteiger partial charge in [-0.3, -0.25) is 4.79 Å². The molecule has 0 aliphatic carbocycles. The lowest BCUT2D eigenvalue weighted by Gasteiger charge is -2.14. The van der Waals surface area contributed by atoms with Crippen LogP contribution in [0.1, 0.15) is 11.3 Å². The predicted octanol–water partition coefficient (Wildman–Crippen LogP) is -0.390. The zero-order chi connectivity index (χ0) is 11.7. The zero-order valence-electron chi connectivity index (χ0n) is 9.02. The van der Waals surface area contributed by atoms with Crippen LogP contribution in [0.5, 0.6) is 0 Å². The van der Waals surface area contributed by atoms with Crippen molar-refractivity contribution in [3.05, 3.63) is 36.4 Å². The van der Waals surface area contributed by atoms with Crippen LogP contribution in [-0.4, -0.2) is 35.5 Å². The highest BCUT2D eigenvalue weighted by atomic mass is 16.2. The molecule has 1 amide bonds. The topological polar surface area (TPSA) is 76.8 Å². The Morgan fingerprint density at radius 3 is 3.00 bits per heavy atom. The largest absolute Gasteiger partial charge is 0.331 e. The van der Waals surface area contributed by atoms with Crippen molar-refractivity contribution < 1.29 is 4.79 Å². The van der Waals surface area contributed by atoms with Gasteiger partial charge in [0.25, 0.3) is 0 Å². The molecule has 0 unspecified atom stereocenters. The summed E-state index contributed by atoms with van der Waals surface area (Å²) in [6.07, 6.45) is 6.20. The smallest absolute Gasteiger partial charge is 0.245 e. The minimum atomic E-state index is 0.00787. The number of carbonyl (C=O) groups excluding carboxylic acids is 1. The molecule has 1 aliphatic heterocycles. The molecule has 0 saturated heterocycles. The Kier molecular flexibility index (Phi) is 2.28. The fraction of sp³-hybridized carbons (Fsp3) is 0.300. The molecule has 2 aromatic heterocycles. The summed E-state index contributed by atoms with van der Waals surface area (Å²) in [6, 6.07) is 0. The van der Waals surface area contributed by atoms with E-state index in [1.165, 1.54) is 23.7 Å². The molecule has 0 bridgehead atoms. The van der Waals surface area contributed by atoms with Crippen LogP contribution in [0.4, 0.5) is 0 Å². The zero-order valence-corrected chi connectivity index (χ0v) is 9.02. The SMILES string of the molecule is O=C(Cn1cncn1)N1Cc2cncnc2C1. The summed E-state index contributed by atoms with van der Waals surface area (Å²) in [7, 11) is 0. The van der Waals surface area contributed by atoms with E-state index in [0.717, 1.165) is 11.3 Å². The van der Waals surface area contributed by atoms with Gasteiger partial charge in [-0.1, -0.05) is 0 Å². The minimum absolute atomic E-state index is 0.00787. The van der Waals surface area contributed by atoms with E-state index in [4.69, 9.17) is 0 Å². The van der Waals surface area contributed by atoms with Crippen molar-refractivity contribution in [1.82, 2.24) is 29.6 Å². The summed E-state index contributed by atoms with van der Waals surface area (Å²) in [5.41, 5.74) is 1.94. The molecule has 0 atom stereocenters. The first kappa shape index (κ1) is 9.88. The number of hydrogen-bond acceptors (Lipinski definition) is 5. The first-order chi connectivity index (χ1) is 8.33. The van der Waals surface area contributed by atoms with Crippen LogP contribution in [0.2, 0.25) is 0 Å². The molecule has 3 rings (SSSR count). The van der Waals surface area contributed by atoms with Gasteiger partial charge in [-0.2, -0.15) is 5.10 Å². The summed E-state index contributed by atoms with van der Waals surface area (Å²) in [4.78, 5) is 25.6. The van der Waals surface area contributed by atoms with Crippen LogP contribution in [-0.2, 0) is 24.4 Å². The van der Waals surface area contributed by atoms with Crippen molar-refractivity contribution in [2.24, 2.45) is 0 Å². The molecule has 0 aromatic carbocycles. The van der Waals surface area contributed by atoms with Gasteiger partial charge in [0.2, 0.25) is 5.91 Å². The Morgan fingerprint density at radius 2 is 2.24 bits per heavy atom. The Labute approximate surface area is 97.1 Å². The molecule has 0 N–H and O–H groups in total. The standard InChI is InChI=1S/C10H10N6O/c17-10(4-16-7-12-6-14-16)15-2-8-1-11-5-13-9(8)3-15/h1,5-7H,2-4H2. The molecule has 86 valence electrons. The number of aromatic nitrogens is 5. The molecule has 1 aliphatic rings. The van der Waals surface area contributed by atoms with Crippen LogP contribution in [0.15, 0.2) is 25.2 Å². The monoisotopic (exact) mass is 230 g/mol. The lowest BCUT2D eigenvalue weighted by molar-refractivity contribution is -0.132. The Bertz CT molecular complexity index is 512. The van der Waals surface area contributed by atoms with Crippen molar-refractivity contribution in [2.75, 3.05) is 0 Å². The minimum Gasteiger partial charge on any atom is -0.331 e. The van der Waals surface area contributed by atoms with Gasteiger partial charge in [0, 0.05) is 18.3 Å². The van der Waals surface area contributed by atoms with Gasteiger partial charge in [-0.25, -0.2) is 19.6 Å². The average molecular weight is 230 g/mol. The summed E-state index contributed by atoms with van der Waals surface area (Å²) >= 11 is 0. The summed E-state index contributed by atoms with van der Waals surface area (Å²) in [5.74, 6) is 0.00787. The van der Waals surface area contributed by atoms with Crippen molar-refractivity contribution in [3.8, 4) is 0 Å². The number of amides is 1. The second-order valence-electron chi connectivity index (χ2n) is 3.84. The summed E-state index contributed by atoms with van der Waals surface area (Å²) in [6.45, 7) is 1.33. The maximum atomic E-state index is 12.0. The number of hydrogen-bond donors (Lipinski definition) is 0. The highest BCUT2D eigenvalue weighted by molar-refractivity contribution is 5.76. The quantitative estimate of drug-likeness (QED) is 0.702. The maximum absolute atomic E-state index is 12.0. The lowest BCUT2D eigenvalue weighted by atomic mass is 10.3. The van der Waals surface area contributed by atoms with Crippen LogP contribution in [0, 0.1) is 0 Å². The van der Waals surface area contributed by atoms with Crippen LogP contribution >= 0.6 is 0 Å². The van der Waals surface area contributed by atoms with Gasteiger partial charge in [0.05, 0.1) is 12.2 Å². The predicted molar refractivity (Wildman–Crippen MR) is 56.3 cm³/mol. The number of fused-ring (bicyclic) bond motifs is 1. The van der Waals surface area contributed by atoms with Gasteiger partial charge >= 0.3 is 0 Å². The molecular weight excluding hydrogens is 220 g/mol. The van der Waals surface area contributed by atoms with Gasteiger partial charge in [-0.05, 0) is 0 Å². The molecule has 0 saturated carbocycles. The normalized spacial score (nSPS) is 13.8. The summed E-state index contributed by atoms with van der Waals surface area (Å²) < 4.78 is 1.51. The van der Waals surface area contributed by atoms with Gasteiger partial charge in [0.1, 0.15) is 25.5 Å². The van der Waals surface area contributed by atoms with Crippen molar-refractivity contribution in [3.63, 3.8) is 0 Å². The first-order valence-electron chi connectivity index (χ1n) is 5.21. The Morgan fingerprint density at radius 1 is 1.29 bits per heavy atom. The fourth-order valence-corrected chi connectivity index (χ4v) is 1.83. The molecule has 3 heterocycles. The van der Waals surface area contributed by atoms with Crippen molar-refractivity contribution in [1.29, 1.82) is 0 Å². The fourth-order valence-electron chi connectivity index (χ4n) is 1.83. The Hall–Kier alpha value is -2.31. The summed E-state index contributed by atoms with van der Waals surface area (Å²) in [5, 5.41) is 3.91. The molecule has 17 heavy (non-hydrogen) atoms. The Balaban J connectivity index is 1.70. The third-order valence-electron chi connectivity index (χ3n) is 2.70. The molecule has 0 radical (unpaired) electrons. The van der Waals surface area contributed by atoms with Crippen LogP contribution in [0.25, 0.3) is 0 Å². The van der Waals surface area contributed by atoms with Crippen molar-refractivity contribution >= 4 is 5.91 Å². The maximum Gasteiger partial charge on any atom is 0.245 e. The molecule has 7 nitrogen and oxygen atoms in total. The number of carbonyl (C=O) groups is 1. The number of nitrogens with zero attached hydrogens (tertiary/aromatic N) is 6. The highest BCUT2D eigenvalue weighted by Gasteiger charge is 2.24. The van der Waals surface area contributed by atoms with Gasteiger partial charge < -0.3 is 4.90 Å². The second kappa shape index (κ2) is 3.93. The van der Waals surface area contributed by atoms with Crippen LogP contribution < -0.4 is 0 Å². The molecule has 0 fully saturated rings. The second-order valence-corrected chi connectivity index (χ2v) is 3.84. The van der Waals surface area contributed by atoms with E-state index < -0.39 is 0 Å². The average Bonchev–Trinajstić information content (AvgIpc) is 2.96. The van der Waals surface area contributed by atoms with E-state index in [0.29, 0.717) is 13.1 Å². The molecular formula is C10H10N6O. The van der Waals surface area contributed by atoms with E-state index in [9.17, 15) is 4.79 Å². The van der Waals surface area contributed by atoms with Crippen LogP contribution in [0.3, 0.4) is 0 Å². The molecule has 0 spiro atoms. The third kappa shape index (κ3) is 1.86. The first-order valence-corrected chi connectivity index (χ1v) is 5.21. The highest BCUT2D eigenvalue weighted by Crippen LogP contribution is 2.19. The van der Waals surface area contributed by atoms with Crippen molar-refractivity contribution in [2.45, 2.75) is 19.6 Å². The van der Waals surface area contributed by atoms with E-state index >= 15 is 0 Å². The van der Waals surface area contributed by atoms with E-state index in [2.05, 4.69) is 20.1 Å². The van der Waals surface area contributed by atoms with Gasteiger partial charge in [0.15, 0.2) is 0 Å². The number of rotatable bonds is 2. The van der Waals surface area contributed by atoms with E-state index in [1.54, 1.807) is 11.1 Å². The molecule has 2 aromatic rings. The van der Waals surface area contributed by atoms with E-state index in [-0.39, 0.29) is 12.5 Å². The van der Waals surface area contributed by atoms with E-state index in [1.807, 2.05) is 0 Å². The third-order valence-corrected chi connectivity index (χ3v) is 2.70. The van der Waals surface area contributed by atoms with Gasteiger partial charge in [-0.15, -0.1) is 0 Å². The lowest BCUT2D eigenvalue weighted by Crippen LogP contribution is -2.29.